The van der Waals surface area contributed by atoms with Gasteiger partial charge in [-0.15, -0.1) is 11.3 Å². The van der Waals surface area contributed by atoms with Gasteiger partial charge >= 0.3 is 0 Å². The van der Waals surface area contributed by atoms with E-state index in [1.807, 2.05) is 23.5 Å². The van der Waals surface area contributed by atoms with Gasteiger partial charge in [-0.2, -0.15) is 0 Å². The van der Waals surface area contributed by atoms with Crippen molar-refractivity contribution >= 4 is 21.6 Å². The average molecular weight is 262 g/mol. The zero-order chi connectivity index (χ0) is 12.4. The van der Waals surface area contributed by atoms with Crippen molar-refractivity contribution in [1.29, 1.82) is 0 Å². The van der Waals surface area contributed by atoms with E-state index in [0.29, 0.717) is 0 Å². The fraction of sp³-hybridized carbons (Fsp3) is 0.500. The fourth-order valence-electron chi connectivity index (χ4n) is 2.55. The first-order valence-electron chi connectivity index (χ1n) is 6.50. The second-order valence-electron chi connectivity index (χ2n) is 4.81. The molecular formula is C14H18N2OS. The van der Waals surface area contributed by atoms with Gasteiger partial charge in [0.2, 0.25) is 0 Å². The second kappa shape index (κ2) is 5.24. The molecule has 4 heteroatoms. The van der Waals surface area contributed by atoms with Gasteiger partial charge in [0, 0.05) is 6.42 Å². The minimum absolute atomic E-state index is 0.790. The van der Waals surface area contributed by atoms with Crippen LogP contribution in [0.2, 0.25) is 0 Å². The molecule has 1 aromatic carbocycles. The Morgan fingerprint density at radius 1 is 1.39 bits per heavy atom. The normalized spacial score (nSPS) is 17.2. The van der Waals surface area contributed by atoms with Crippen molar-refractivity contribution in [2.45, 2.75) is 19.3 Å². The van der Waals surface area contributed by atoms with Crippen molar-refractivity contribution in [3.8, 4) is 5.75 Å². The zero-order valence-corrected chi connectivity index (χ0v) is 11.4. The summed E-state index contributed by atoms with van der Waals surface area (Å²) in [5.74, 6) is 1.68. The van der Waals surface area contributed by atoms with Crippen LogP contribution in [0.4, 0.5) is 0 Å². The molecule has 2 aromatic rings. The maximum absolute atomic E-state index is 5.36. The molecule has 0 aliphatic carbocycles. The highest BCUT2D eigenvalue weighted by Gasteiger charge is 2.16. The van der Waals surface area contributed by atoms with Crippen LogP contribution in [0.5, 0.6) is 5.75 Å². The van der Waals surface area contributed by atoms with E-state index in [4.69, 9.17) is 9.72 Å². The minimum Gasteiger partial charge on any atom is -0.494 e. The molecule has 1 N–H and O–H groups in total. The SMILES string of the molecule is COc1cccc2sc(CC3CCNCC3)nc12. The van der Waals surface area contributed by atoms with Crippen LogP contribution in [0.25, 0.3) is 10.2 Å². The fourth-order valence-corrected chi connectivity index (χ4v) is 3.65. The molecule has 1 aromatic heterocycles. The van der Waals surface area contributed by atoms with Crippen LogP contribution in [0.3, 0.4) is 0 Å². The summed E-state index contributed by atoms with van der Waals surface area (Å²) in [6.07, 6.45) is 3.66. The number of nitrogens with zero attached hydrogens (tertiary/aromatic N) is 1. The molecule has 0 amide bonds. The summed E-state index contributed by atoms with van der Waals surface area (Å²) in [6, 6.07) is 6.14. The van der Waals surface area contributed by atoms with E-state index < -0.39 is 0 Å². The first-order chi connectivity index (χ1) is 8.86. The number of nitrogens with one attached hydrogen (secondary N) is 1. The Bertz CT molecular complexity index is 532. The summed E-state index contributed by atoms with van der Waals surface area (Å²) in [4.78, 5) is 4.75. The lowest BCUT2D eigenvalue weighted by atomic mass is 9.95. The summed E-state index contributed by atoms with van der Waals surface area (Å²) >= 11 is 1.81. The van der Waals surface area contributed by atoms with Crippen molar-refractivity contribution in [1.82, 2.24) is 10.3 Å². The third-order valence-electron chi connectivity index (χ3n) is 3.57. The van der Waals surface area contributed by atoms with E-state index >= 15 is 0 Å². The topological polar surface area (TPSA) is 34.1 Å². The number of hydrogen-bond donors (Lipinski definition) is 1. The largest absolute Gasteiger partial charge is 0.494 e. The molecule has 18 heavy (non-hydrogen) atoms. The first-order valence-corrected chi connectivity index (χ1v) is 7.31. The lowest BCUT2D eigenvalue weighted by molar-refractivity contribution is 0.372. The van der Waals surface area contributed by atoms with E-state index in [1.54, 1.807) is 7.11 Å². The van der Waals surface area contributed by atoms with E-state index in [1.165, 1.54) is 22.5 Å². The van der Waals surface area contributed by atoms with Crippen molar-refractivity contribution in [3.63, 3.8) is 0 Å². The van der Waals surface area contributed by atoms with Crippen LogP contribution >= 0.6 is 11.3 Å². The van der Waals surface area contributed by atoms with Gasteiger partial charge in [0.25, 0.3) is 0 Å². The van der Waals surface area contributed by atoms with Gasteiger partial charge in [0.15, 0.2) is 0 Å². The highest BCUT2D eigenvalue weighted by Crippen LogP contribution is 2.31. The summed E-state index contributed by atoms with van der Waals surface area (Å²) in [6.45, 7) is 2.30. The van der Waals surface area contributed by atoms with Crippen LogP contribution in [-0.4, -0.2) is 25.2 Å². The maximum Gasteiger partial charge on any atom is 0.145 e. The Hall–Kier alpha value is -1.13. The molecule has 1 aliphatic rings. The molecule has 0 spiro atoms. The number of benzene rings is 1. The Balaban J connectivity index is 1.84. The van der Waals surface area contributed by atoms with Crippen molar-refractivity contribution < 1.29 is 4.74 Å². The van der Waals surface area contributed by atoms with Gasteiger partial charge in [-0.1, -0.05) is 6.07 Å². The Kier molecular flexibility index (Phi) is 3.48. The smallest absolute Gasteiger partial charge is 0.145 e. The molecule has 3 nitrogen and oxygen atoms in total. The molecule has 1 saturated heterocycles. The van der Waals surface area contributed by atoms with Crippen LogP contribution in [0.15, 0.2) is 18.2 Å². The Labute approximate surface area is 111 Å². The quantitative estimate of drug-likeness (QED) is 0.923. The van der Waals surface area contributed by atoms with Gasteiger partial charge in [0.05, 0.1) is 16.8 Å². The molecule has 1 fully saturated rings. The van der Waals surface area contributed by atoms with Gasteiger partial charge in [-0.25, -0.2) is 4.98 Å². The van der Waals surface area contributed by atoms with E-state index in [9.17, 15) is 0 Å². The van der Waals surface area contributed by atoms with Gasteiger partial charge in [-0.3, -0.25) is 0 Å². The molecule has 0 unspecified atom stereocenters. The van der Waals surface area contributed by atoms with E-state index in [2.05, 4.69) is 11.4 Å². The van der Waals surface area contributed by atoms with Crippen LogP contribution in [0.1, 0.15) is 17.8 Å². The van der Waals surface area contributed by atoms with E-state index in [0.717, 1.165) is 36.7 Å². The van der Waals surface area contributed by atoms with E-state index in [-0.39, 0.29) is 0 Å². The molecule has 0 radical (unpaired) electrons. The average Bonchev–Trinajstić information content (AvgIpc) is 2.82. The summed E-state index contributed by atoms with van der Waals surface area (Å²) in [7, 11) is 1.71. The van der Waals surface area contributed by atoms with Gasteiger partial charge in [-0.05, 0) is 44.0 Å². The summed E-state index contributed by atoms with van der Waals surface area (Å²) in [5.41, 5.74) is 1.02. The Morgan fingerprint density at radius 2 is 2.22 bits per heavy atom. The number of aromatic nitrogens is 1. The molecule has 0 atom stereocenters. The number of rotatable bonds is 3. The molecule has 1 aliphatic heterocycles. The zero-order valence-electron chi connectivity index (χ0n) is 10.6. The molecular weight excluding hydrogens is 244 g/mol. The molecule has 0 bridgehead atoms. The number of ether oxygens (including phenoxy) is 1. The maximum atomic E-state index is 5.36. The molecule has 0 saturated carbocycles. The monoisotopic (exact) mass is 262 g/mol. The lowest BCUT2D eigenvalue weighted by Gasteiger charge is -2.21. The number of methoxy groups -OCH3 is 1. The second-order valence-corrected chi connectivity index (χ2v) is 5.93. The number of fused-ring (bicyclic) bond motifs is 1. The predicted molar refractivity (Wildman–Crippen MR) is 75.5 cm³/mol. The number of piperidine rings is 1. The lowest BCUT2D eigenvalue weighted by Crippen LogP contribution is -2.28. The number of thiazole rings is 1. The highest BCUT2D eigenvalue weighted by molar-refractivity contribution is 7.18. The first kappa shape index (κ1) is 11.9. The third kappa shape index (κ3) is 2.35. The predicted octanol–water partition coefficient (Wildman–Crippen LogP) is 2.85. The third-order valence-corrected chi connectivity index (χ3v) is 4.61. The van der Waals surface area contributed by atoms with Crippen molar-refractivity contribution in [3.05, 3.63) is 23.2 Å². The van der Waals surface area contributed by atoms with Crippen LogP contribution in [-0.2, 0) is 6.42 Å². The molecule has 3 rings (SSSR count). The van der Waals surface area contributed by atoms with Crippen molar-refractivity contribution in [2.24, 2.45) is 5.92 Å². The molecule has 2 heterocycles. The molecule has 96 valence electrons. The standard InChI is InChI=1S/C14H18N2OS/c1-17-11-3-2-4-12-14(11)16-13(18-12)9-10-5-7-15-8-6-10/h2-4,10,15H,5-9H2,1H3. The number of para-hydroxylation sites is 1. The number of hydrogen-bond acceptors (Lipinski definition) is 4. The minimum atomic E-state index is 0.790. The van der Waals surface area contributed by atoms with Crippen molar-refractivity contribution in [2.75, 3.05) is 20.2 Å². The summed E-state index contributed by atoms with van der Waals surface area (Å²) < 4.78 is 6.60. The van der Waals surface area contributed by atoms with Crippen LogP contribution < -0.4 is 10.1 Å². The summed E-state index contributed by atoms with van der Waals surface area (Å²) in [5, 5.41) is 4.66. The van der Waals surface area contributed by atoms with Gasteiger partial charge in [0.1, 0.15) is 11.3 Å². The highest BCUT2D eigenvalue weighted by atomic mass is 32.1. The van der Waals surface area contributed by atoms with Gasteiger partial charge < -0.3 is 10.1 Å². The Morgan fingerprint density at radius 3 is 3.00 bits per heavy atom. The van der Waals surface area contributed by atoms with Crippen LogP contribution in [0, 0.1) is 5.92 Å².